The fourth-order valence-corrected chi connectivity index (χ4v) is 3.50. The molecule has 25 heavy (non-hydrogen) atoms. The van der Waals surface area contributed by atoms with Gasteiger partial charge < -0.3 is 9.73 Å². The first kappa shape index (κ1) is 17.7. The zero-order chi connectivity index (χ0) is 17.9. The van der Waals surface area contributed by atoms with Crippen molar-refractivity contribution >= 4 is 15.9 Å². The van der Waals surface area contributed by atoms with Gasteiger partial charge in [0.05, 0.1) is 12.8 Å². The Bertz CT molecular complexity index is 839. The second-order valence-electron chi connectivity index (χ2n) is 6.54. The third-order valence-corrected chi connectivity index (χ3v) is 5.35. The number of hydrogen-bond donors (Lipinski definition) is 2. The average molecular weight is 362 g/mol. The maximum Gasteiger partial charge on any atom is 0.287 e. The van der Waals surface area contributed by atoms with E-state index in [0.717, 1.165) is 25.5 Å². The molecule has 1 heterocycles. The maximum atomic E-state index is 12.3. The van der Waals surface area contributed by atoms with Crippen LogP contribution in [0.4, 0.5) is 0 Å². The van der Waals surface area contributed by atoms with E-state index in [9.17, 15) is 13.2 Å². The second kappa shape index (κ2) is 7.01. The Morgan fingerprint density at radius 2 is 1.88 bits per heavy atom. The van der Waals surface area contributed by atoms with Crippen molar-refractivity contribution in [2.75, 3.05) is 12.8 Å². The molecule has 1 aromatic carbocycles. The smallest absolute Gasteiger partial charge is 0.287 e. The van der Waals surface area contributed by atoms with E-state index >= 15 is 0 Å². The Labute approximate surface area is 147 Å². The molecule has 1 amide bonds. The standard InChI is InChI=1S/C18H22N2O4S/c1-25(22,23)20-12-15-8-9-16(24-15)17(21)19-13-18(10-5-11-18)14-6-3-2-4-7-14/h2-4,6-9,20H,5,10-13H2,1H3,(H,19,21). The minimum Gasteiger partial charge on any atom is -0.455 e. The fraction of sp³-hybridized carbons (Fsp3) is 0.389. The van der Waals surface area contributed by atoms with Crippen molar-refractivity contribution in [1.82, 2.24) is 10.0 Å². The summed E-state index contributed by atoms with van der Waals surface area (Å²) in [5.41, 5.74) is 1.25. The van der Waals surface area contributed by atoms with E-state index in [0.29, 0.717) is 12.3 Å². The molecule has 0 bridgehead atoms. The molecule has 1 aromatic heterocycles. The highest BCUT2D eigenvalue weighted by molar-refractivity contribution is 7.88. The number of benzene rings is 1. The maximum absolute atomic E-state index is 12.3. The molecule has 6 nitrogen and oxygen atoms in total. The van der Waals surface area contributed by atoms with Gasteiger partial charge in [-0.05, 0) is 30.5 Å². The van der Waals surface area contributed by atoms with Crippen molar-refractivity contribution in [2.24, 2.45) is 0 Å². The largest absolute Gasteiger partial charge is 0.455 e. The summed E-state index contributed by atoms with van der Waals surface area (Å²) in [6, 6.07) is 13.4. The van der Waals surface area contributed by atoms with Crippen LogP contribution in [-0.2, 0) is 22.0 Å². The molecule has 0 saturated heterocycles. The van der Waals surface area contributed by atoms with Gasteiger partial charge in [-0.25, -0.2) is 13.1 Å². The lowest BCUT2D eigenvalue weighted by Crippen LogP contribution is -2.45. The summed E-state index contributed by atoms with van der Waals surface area (Å²) in [5.74, 6) is 0.303. The van der Waals surface area contributed by atoms with Gasteiger partial charge in [-0.2, -0.15) is 0 Å². The topological polar surface area (TPSA) is 88.4 Å². The van der Waals surface area contributed by atoms with Gasteiger partial charge in [0.2, 0.25) is 10.0 Å². The molecular formula is C18H22N2O4S. The van der Waals surface area contributed by atoms with Crippen LogP contribution in [0, 0.1) is 0 Å². The number of nitrogens with one attached hydrogen (secondary N) is 2. The molecule has 1 aliphatic rings. The van der Waals surface area contributed by atoms with Crippen molar-refractivity contribution in [1.29, 1.82) is 0 Å². The van der Waals surface area contributed by atoms with E-state index in [2.05, 4.69) is 22.2 Å². The number of hydrogen-bond acceptors (Lipinski definition) is 4. The van der Waals surface area contributed by atoms with Gasteiger partial charge in [0.25, 0.3) is 5.91 Å². The van der Waals surface area contributed by atoms with Gasteiger partial charge in [-0.15, -0.1) is 0 Å². The molecule has 2 N–H and O–H groups in total. The molecule has 3 rings (SSSR count). The van der Waals surface area contributed by atoms with Crippen LogP contribution in [0.25, 0.3) is 0 Å². The zero-order valence-corrected chi connectivity index (χ0v) is 14.9. The lowest BCUT2D eigenvalue weighted by atomic mass is 9.64. The van der Waals surface area contributed by atoms with Crippen molar-refractivity contribution in [3.63, 3.8) is 0 Å². The van der Waals surface area contributed by atoms with Gasteiger partial charge in [0.15, 0.2) is 5.76 Å². The first-order valence-corrected chi connectivity index (χ1v) is 10.1. The third kappa shape index (κ3) is 4.29. The van der Waals surface area contributed by atoms with Crippen molar-refractivity contribution in [3.05, 3.63) is 59.5 Å². The summed E-state index contributed by atoms with van der Waals surface area (Å²) in [6.45, 7) is 0.591. The highest BCUT2D eigenvalue weighted by atomic mass is 32.2. The Morgan fingerprint density at radius 1 is 1.16 bits per heavy atom. The molecule has 1 saturated carbocycles. The van der Waals surface area contributed by atoms with Gasteiger partial charge >= 0.3 is 0 Å². The molecule has 0 unspecified atom stereocenters. The number of rotatable bonds is 7. The minimum absolute atomic E-state index is 0.00415. The average Bonchev–Trinajstić information content (AvgIpc) is 3.01. The highest BCUT2D eigenvalue weighted by Crippen LogP contribution is 2.43. The van der Waals surface area contributed by atoms with Crippen LogP contribution in [-0.4, -0.2) is 27.1 Å². The van der Waals surface area contributed by atoms with Crippen molar-refractivity contribution in [2.45, 2.75) is 31.2 Å². The molecule has 7 heteroatoms. The zero-order valence-electron chi connectivity index (χ0n) is 14.1. The monoisotopic (exact) mass is 362 g/mol. The number of amides is 1. The van der Waals surface area contributed by atoms with E-state index in [-0.39, 0.29) is 23.6 Å². The minimum atomic E-state index is -3.30. The number of carbonyl (C=O) groups is 1. The fourth-order valence-electron chi connectivity index (χ4n) is 3.10. The van der Waals surface area contributed by atoms with E-state index in [4.69, 9.17) is 4.42 Å². The predicted octanol–water partition coefficient (Wildman–Crippen LogP) is 2.18. The number of sulfonamides is 1. The highest BCUT2D eigenvalue weighted by Gasteiger charge is 2.38. The molecule has 0 atom stereocenters. The predicted molar refractivity (Wildman–Crippen MR) is 94.7 cm³/mol. The molecule has 0 radical (unpaired) electrons. The van der Waals surface area contributed by atoms with Crippen LogP contribution in [0.15, 0.2) is 46.9 Å². The Hall–Kier alpha value is -2.12. The Balaban J connectivity index is 1.60. The lowest BCUT2D eigenvalue weighted by molar-refractivity contribution is 0.0898. The molecule has 2 aromatic rings. The van der Waals surface area contributed by atoms with Crippen LogP contribution in [0.3, 0.4) is 0 Å². The van der Waals surface area contributed by atoms with Gasteiger partial charge in [-0.3, -0.25) is 4.79 Å². The van der Waals surface area contributed by atoms with E-state index < -0.39 is 10.0 Å². The van der Waals surface area contributed by atoms with Gasteiger partial charge in [-0.1, -0.05) is 36.8 Å². The van der Waals surface area contributed by atoms with Crippen LogP contribution in [0.2, 0.25) is 0 Å². The Morgan fingerprint density at radius 3 is 2.48 bits per heavy atom. The van der Waals surface area contributed by atoms with E-state index in [1.165, 1.54) is 5.56 Å². The summed E-state index contributed by atoms with van der Waals surface area (Å²) in [6.07, 6.45) is 4.34. The first-order valence-electron chi connectivity index (χ1n) is 8.25. The quantitative estimate of drug-likeness (QED) is 0.790. The van der Waals surface area contributed by atoms with Crippen molar-refractivity contribution < 1.29 is 17.6 Å². The molecular weight excluding hydrogens is 340 g/mol. The van der Waals surface area contributed by atoms with Crippen LogP contribution >= 0.6 is 0 Å². The van der Waals surface area contributed by atoms with E-state index in [1.54, 1.807) is 12.1 Å². The summed E-state index contributed by atoms with van der Waals surface area (Å²) >= 11 is 0. The summed E-state index contributed by atoms with van der Waals surface area (Å²) in [7, 11) is -3.30. The summed E-state index contributed by atoms with van der Waals surface area (Å²) < 4.78 is 30.0. The van der Waals surface area contributed by atoms with Crippen LogP contribution in [0.5, 0.6) is 0 Å². The molecule has 1 aliphatic carbocycles. The van der Waals surface area contributed by atoms with E-state index in [1.807, 2.05) is 18.2 Å². The summed E-state index contributed by atoms with van der Waals surface area (Å²) in [4.78, 5) is 12.3. The van der Waals surface area contributed by atoms with Gasteiger partial charge in [0.1, 0.15) is 5.76 Å². The first-order chi connectivity index (χ1) is 11.9. The molecule has 0 spiro atoms. The molecule has 1 fully saturated rings. The van der Waals surface area contributed by atoms with Crippen molar-refractivity contribution in [3.8, 4) is 0 Å². The normalized spacial score (nSPS) is 16.2. The summed E-state index contributed by atoms with van der Waals surface area (Å²) in [5, 5.41) is 2.95. The Kier molecular flexibility index (Phi) is 4.96. The molecule has 0 aliphatic heterocycles. The van der Waals surface area contributed by atoms with Crippen LogP contribution < -0.4 is 10.0 Å². The van der Waals surface area contributed by atoms with Crippen LogP contribution in [0.1, 0.15) is 41.1 Å². The van der Waals surface area contributed by atoms with Gasteiger partial charge in [0, 0.05) is 12.0 Å². The third-order valence-electron chi connectivity index (χ3n) is 4.68. The lowest BCUT2D eigenvalue weighted by Gasteiger charge is -2.42. The SMILES string of the molecule is CS(=O)(=O)NCc1ccc(C(=O)NCC2(c3ccccc3)CCC2)o1. The second-order valence-corrected chi connectivity index (χ2v) is 8.37. The molecule has 134 valence electrons. The number of furan rings is 1. The number of carbonyl (C=O) groups excluding carboxylic acids is 1.